The molecule has 18 heavy (non-hydrogen) atoms. The molecule has 0 aliphatic carbocycles. The first-order valence-corrected chi connectivity index (χ1v) is 7.46. The normalized spacial score (nSPS) is 10.1. The number of carbonyl (C=O) groups excluding carboxylic acids is 1. The van der Waals surface area contributed by atoms with Gasteiger partial charge in [-0.25, -0.2) is 0 Å². The van der Waals surface area contributed by atoms with Crippen molar-refractivity contribution in [2.24, 2.45) is 0 Å². The molecular weight excluding hydrogens is 248 g/mol. The molecule has 0 aliphatic heterocycles. The van der Waals surface area contributed by atoms with Crippen LogP contribution in [0.15, 0.2) is 24.3 Å². The molecule has 1 rings (SSSR count). The molecule has 0 N–H and O–H groups in total. The predicted octanol–water partition coefficient (Wildman–Crippen LogP) is 3.06. The molecular formula is C14H20O3S. The summed E-state index contributed by atoms with van der Waals surface area (Å²) in [6, 6.07) is 7.86. The van der Waals surface area contributed by atoms with Gasteiger partial charge in [0, 0.05) is 12.2 Å². The highest BCUT2D eigenvalue weighted by Gasteiger charge is 2.03. The molecule has 0 atom stereocenters. The Labute approximate surface area is 113 Å². The van der Waals surface area contributed by atoms with Crippen molar-refractivity contribution in [3.8, 4) is 5.75 Å². The fraction of sp³-hybridized carbons (Fsp3) is 0.500. The van der Waals surface area contributed by atoms with Gasteiger partial charge in [-0.1, -0.05) is 18.2 Å². The number of aryl methyl sites for hydroxylation is 1. The molecule has 100 valence electrons. The van der Waals surface area contributed by atoms with Gasteiger partial charge in [-0.15, -0.1) is 0 Å². The summed E-state index contributed by atoms with van der Waals surface area (Å²) >= 11 is 1.67. The molecule has 1 aromatic rings. The predicted molar refractivity (Wildman–Crippen MR) is 75.2 cm³/mol. The van der Waals surface area contributed by atoms with Crippen molar-refractivity contribution < 1.29 is 14.3 Å². The summed E-state index contributed by atoms with van der Waals surface area (Å²) in [6.07, 6.45) is 3.09. The smallest absolute Gasteiger partial charge is 0.305 e. The third-order valence-electron chi connectivity index (χ3n) is 2.43. The van der Waals surface area contributed by atoms with Gasteiger partial charge in [0.2, 0.25) is 0 Å². The van der Waals surface area contributed by atoms with Crippen LogP contribution in [0.1, 0.15) is 18.4 Å². The van der Waals surface area contributed by atoms with Gasteiger partial charge >= 0.3 is 5.97 Å². The average Bonchev–Trinajstić information content (AvgIpc) is 2.37. The van der Waals surface area contributed by atoms with E-state index in [4.69, 9.17) is 9.47 Å². The maximum atomic E-state index is 11.3. The van der Waals surface area contributed by atoms with Crippen molar-refractivity contribution in [3.63, 3.8) is 0 Å². The standard InChI is InChI=1S/C14H20O3S/c1-12-6-3-4-7-13(12)16-9-5-8-14(15)17-10-11-18-2/h3-4,6-7H,5,8-11H2,1-2H3. The van der Waals surface area contributed by atoms with Crippen LogP contribution in [0, 0.1) is 6.92 Å². The summed E-state index contributed by atoms with van der Waals surface area (Å²) in [5, 5.41) is 0. The Morgan fingerprint density at radius 3 is 2.78 bits per heavy atom. The van der Waals surface area contributed by atoms with E-state index in [1.54, 1.807) is 11.8 Å². The SMILES string of the molecule is CSCCOC(=O)CCCOc1ccccc1C. The Morgan fingerprint density at radius 1 is 1.28 bits per heavy atom. The Kier molecular flexibility index (Phi) is 7.34. The summed E-state index contributed by atoms with van der Waals surface area (Å²) in [7, 11) is 0. The molecule has 0 radical (unpaired) electrons. The molecule has 0 heterocycles. The molecule has 0 saturated heterocycles. The number of thioether (sulfide) groups is 1. The van der Waals surface area contributed by atoms with Crippen LogP contribution in [-0.2, 0) is 9.53 Å². The number of hydrogen-bond acceptors (Lipinski definition) is 4. The lowest BCUT2D eigenvalue weighted by Gasteiger charge is -2.08. The van der Waals surface area contributed by atoms with E-state index < -0.39 is 0 Å². The minimum atomic E-state index is -0.141. The summed E-state index contributed by atoms with van der Waals surface area (Å²) in [6.45, 7) is 3.05. The lowest BCUT2D eigenvalue weighted by molar-refractivity contribution is -0.143. The molecule has 0 bridgehead atoms. The third-order valence-corrected chi connectivity index (χ3v) is 3.00. The second-order valence-electron chi connectivity index (χ2n) is 3.93. The molecule has 0 fully saturated rings. The van der Waals surface area contributed by atoms with E-state index in [9.17, 15) is 4.79 Å². The molecule has 0 saturated carbocycles. The molecule has 0 amide bonds. The summed E-state index contributed by atoms with van der Waals surface area (Å²) in [5.74, 6) is 1.59. The first kappa shape index (κ1) is 14.9. The molecule has 0 aliphatic rings. The summed E-state index contributed by atoms with van der Waals surface area (Å²) < 4.78 is 10.6. The van der Waals surface area contributed by atoms with E-state index in [0.29, 0.717) is 26.1 Å². The largest absolute Gasteiger partial charge is 0.493 e. The fourth-order valence-electron chi connectivity index (χ4n) is 1.43. The zero-order valence-electron chi connectivity index (χ0n) is 11.0. The van der Waals surface area contributed by atoms with Gasteiger partial charge in [0.05, 0.1) is 6.61 Å². The average molecular weight is 268 g/mol. The van der Waals surface area contributed by atoms with Crippen LogP contribution in [0.3, 0.4) is 0 Å². The molecule has 3 nitrogen and oxygen atoms in total. The highest BCUT2D eigenvalue weighted by molar-refractivity contribution is 7.98. The number of ether oxygens (including phenoxy) is 2. The second-order valence-corrected chi connectivity index (χ2v) is 4.92. The quantitative estimate of drug-likeness (QED) is 0.536. The van der Waals surface area contributed by atoms with Gasteiger partial charge in [-0.3, -0.25) is 4.79 Å². The lowest BCUT2D eigenvalue weighted by atomic mass is 10.2. The van der Waals surface area contributed by atoms with Crippen LogP contribution in [0.2, 0.25) is 0 Å². The Hall–Kier alpha value is -1.16. The van der Waals surface area contributed by atoms with E-state index in [-0.39, 0.29) is 5.97 Å². The zero-order valence-corrected chi connectivity index (χ0v) is 11.8. The summed E-state index contributed by atoms with van der Waals surface area (Å²) in [5.41, 5.74) is 1.11. The molecule has 4 heteroatoms. The van der Waals surface area contributed by atoms with E-state index in [1.807, 2.05) is 37.4 Å². The number of para-hydroxylation sites is 1. The highest BCUT2D eigenvalue weighted by Crippen LogP contribution is 2.16. The van der Waals surface area contributed by atoms with Crippen molar-refractivity contribution in [2.75, 3.05) is 25.2 Å². The van der Waals surface area contributed by atoms with Gasteiger partial charge in [-0.2, -0.15) is 11.8 Å². The monoisotopic (exact) mass is 268 g/mol. The molecule has 1 aromatic carbocycles. The number of esters is 1. The van der Waals surface area contributed by atoms with Gasteiger partial charge in [0.1, 0.15) is 12.4 Å². The maximum Gasteiger partial charge on any atom is 0.305 e. The molecule has 0 unspecified atom stereocenters. The van der Waals surface area contributed by atoms with E-state index >= 15 is 0 Å². The van der Waals surface area contributed by atoms with E-state index in [2.05, 4.69) is 0 Å². The topological polar surface area (TPSA) is 35.5 Å². The van der Waals surface area contributed by atoms with Crippen LogP contribution < -0.4 is 4.74 Å². The van der Waals surface area contributed by atoms with Gasteiger partial charge in [-0.05, 0) is 31.2 Å². The van der Waals surface area contributed by atoms with Crippen LogP contribution in [0.4, 0.5) is 0 Å². The number of carbonyl (C=O) groups is 1. The number of rotatable bonds is 8. The molecule has 0 spiro atoms. The zero-order chi connectivity index (χ0) is 13.2. The van der Waals surface area contributed by atoms with Crippen LogP contribution >= 0.6 is 11.8 Å². The Morgan fingerprint density at radius 2 is 2.06 bits per heavy atom. The minimum Gasteiger partial charge on any atom is -0.493 e. The van der Waals surface area contributed by atoms with Crippen molar-refractivity contribution in [2.45, 2.75) is 19.8 Å². The van der Waals surface area contributed by atoms with E-state index in [0.717, 1.165) is 17.1 Å². The first-order chi connectivity index (χ1) is 8.74. The number of benzene rings is 1. The van der Waals surface area contributed by atoms with Gasteiger partial charge < -0.3 is 9.47 Å². The van der Waals surface area contributed by atoms with Crippen molar-refractivity contribution in [3.05, 3.63) is 29.8 Å². The van der Waals surface area contributed by atoms with Crippen LogP contribution in [-0.4, -0.2) is 31.2 Å². The Balaban J connectivity index is 2.12. The third kappa shape index (κ3) is 5.96. The lowest BCUT2D eigenvalue weighted by Crippen LogP contribution is -2.09. The fourth-order valence-corrected chi connectivity index (χ4v) is 1.68. The summed E-state index contributed by atoms with van der Waals surface area (Å²) in [4.78, 5) is 11.3. The second kappa shape index (κ2) is 8.86. The van der Waals surface area contributed by atoms with E-state index in [1.165, 1.54) is 0 Å². The Bertz CT molecular complexity index is 366. The maximum absolute atomic E-state index is 11.3. The minimum absolute atomic E-state index is 0.141. The van der Waals surface area contributed by atoms with Crippen LogP contribution in [0.5, 0.6) is 5.75 Å². The van der Waals surface area contributed by atoms with Gasteiger partial charge in [0.25, 0.3) is 0 Å². The van der Waals surface area contributed by atoms with Crippen LogP contribution in [0.25, 0.3) is 0 Å². The van der Waals surface area contributed by atoms with Crippen molar-refractivity contribution in [1.29, 1.82) is 0 Å². The first-order valence-electron chi connectivity index (χ1n) is 6.07. The van der Waals surface area contributed by atoms with Crippen molar-refractivity contribution in [1.82, 2.24) is 0 Å². The molecule has 0 aromatic heterocycles. The highest BCUT2D eigenvalue weighted by atomic mass is 32.2. The number of hydrogen-bond donors (Lipinski definition) is 0. The van der Waals surface area contributed by atoms with Gasteiger partial charge in [0.15, 0.2) is 0 Å². The van der Waals surface area contributed by atoms with Crippen molar-refractivity contribution >= 4 is 17.7 Å².